The molecule has 0 bridgehead atoms. The average Bonchev–Trinajstić information content (AvgIpc) is 2.39. The van der Waals surface area contributed by atoms with Gasteiger partial charge in [-0.2, -0.15) is 0 Å². The van der Waals surface area contributed by atoms with Crippen LogP contribution < -0.4 is 0 Å². The van der Waals surface area contributed by atoms with Crippen LogP contribution >= 0.6 is 11.6 Å². The number of hydrogen-bond donors (Lipinski definition) is 1. The Bertz CT molecular complexity index is 656. The summed E-state index contributed by atoms with van der Waals surface area (Å²) >= 11 is 5.93. The number of phenolic OH excluding ortho intramolecular Hbond substituents is 1. The fraction of sp³-hybridized carbons (Fsp3) is 0. The Morgan fingerprint density at radius 1 is 1.26 bits per heavy atom. The lowest BCUT2D eigenvalue weighted by molar-refractivity contribution is -0.384. The Hall–Kier alpha value is -2.40. The first kappa shape index (κ1) is 13.0. The smallest absolute Gasteiger partial charge is 0.270 e. The molecule has 5 nitrogen and oxygen atoms in total. The summed E-state index contributed by atoms with van der Waals surface area (Å²) in [7, 11) is 0. The molecule has 0 spiro atoms. The van der Waals surface area contributed by atoms with Crippen LogP contribution in [-0.4, -0.2) is 16.2 Å². The van der Waals surface area contributed by atoms with Crippen LogP contribution in [0.5, 0.6) is 5.75 Å². The van der Waals surface area contributed by atoms with Crippen LogP contribution in [-0.2, 0) is 0 Å². The zero-order valence-corrected chi connectivity index (χ0v) is 10.4. The van der Waals surface area contributed by atoms with Gasteiger partial charge in [0.2, 0.25) is 0 Å². The molecule has 19 heavy (non-hydrogen) atoms. The number of hydrogen-bond acceptors (Lipinski definition) is 4. The van der Waals surface area contributed by atoms with Gasteiger partial charge in [0.05, 0.1) is 4.92 Å². The maximum atomic E-state index is 10.7. The predicted octanol–water partition coefficient (Wildman–Crippen LogP) is 3.70. The Labute approximate surface area is 113 Å². The van der Waals surface area contributed by atoms with E-state index in [9.17, 15) is 15.2 Å². The number of non-ortho nitro benzene ring substituents is 1. The van der Waals surface area contributed by atoms with E-state index in [4.69, 9.17) is 11.6 Å². The van der Waals surface area contributed by atoms with E-state index in [1.165, 1.54) is 30.5 Å². The third kappa shape index (κ3) is 3.08. The second-order valence-electron chi connectivity index (χ2n) is 3.71. The molecule has 1 N–H and O–H groups in total. The highest BCUT2D eigenvalue weighted by Crippen LogP contribution is 2.26. The average molecular weight is 277 g/mol. The number of phenols is 1. The molecule has 0 atom stereocenters. The number of aliphatic imine (C=N–C) groups is 1. The normalized spacial score (nSPS) is 10.8. The van der Waals surface area contributed by atoms with Crippen molar-refractivity contribution in [2.24, 2.45) is 4.99 Å². The second kappa shape index (κ2) is 5.49. The molecule has 96 valence electrons. The molecule has 2 aromatic carbocycles. The minimum atomic E-state index is -0.506. The molecule has 0 fully saturated rings. The molecular formula is C13H9ClN2O3. The lowest BCUT2D eigenvalue weighted by Gasteiger charge is -1.99. The van der Waals surface area contributed by atoms with Crippen molar-refractivity contribution < 1.29 is 10.0 Å². The van der Waals surface area contributed by atoms with Crippen molar-refractivity contribution in [3.63, 3.8) is 0 Å². The number of aromatic hydroxyl groups is 1. The fourth-order valence-electron chi connectivity index (χ4n) is 1.46. The van der Waals surface area contributed by atoms with E-state index in [-0.39, 0.29) is 11.4 Å². The van der Waals surface area contributed by atoms with Crippen molar-refractivity contribution in [2.45, 2.75) is 0 Å². The first-order chi connectivity index (χ1) is 9.08. The van der Waals surface area contributed by atoms with Gasteiger partial charge in [-0.3, -0.25) is 15.1 Å². The molecule has 2 aromatic rings. The first-order valence-electron chi connectivity index (χ1n) is 5.34. The van der Waals surface area contributed by atoms with Crippen molar-refractivity contribution >= 4 is 29.2 Å². The molecular weight excluding hydrogens is 268 g/mol. The second-order valence-corrected chi connectivity index (χ2v) is 4.12. The van der Waals surface area contributed by atoms with Crippen molar-refractivity contribution in [1.82, 2.24) is 0 Å². The zero-order valence-electron chi connectivity index (χ0n) is 9.65. The van der Waals surface area contributed by atoms with Crippen molar-refractivity contribution in [3.05, 3.63) is 63.2 Å². The highest BCUT2D eigenvalue weighted by molar-refractivity contribution is 6.33. The van der Waals surface area contributed by atoms with Crippen molar-refractivity contribution in [2.75, 3.05) is 0 Å². The topological polar surface area (TPSA) is 75.7 Å². The van der Waals surface area contributed by atoms with E-state index in [1.54, 1.807) is 18.2 Å². The summed E-state index contributed by atoms with van der Waals surface area (Å²) in [6.07, 6.45) is 1.38. The molecule has 0 saturated carbocycles. The molecule has 0 aliphatic rings. The van der Waals surface area contributed by atoms with Gasteiger partial charge in [-0.1, -0.05) is 23.7 Å². The van der Waals surface area contributed by atoms with Gasteiger partial charge in [0.1, 0.15) is 11.4 Å². The number of benzene rings is 2. The SMILES string of the molecule is O=[N+]([O-])c1ccc(Cl)c(C=Nc2ccccc2O)c1. The standard InChI is InChI=1S/C13H9ClN2O3/c14-11-6-5-10(16(18)19)7-9(11)8-15-12-3-1-2-4-13(12)17/h1-8,17H. The fourth-order valence-corrected chi connectivity index (χ4v) is 1.62. The van der Waals surface area contributed by atoms with Gasteiger partial charge in [0.15, 0.2) is 0 Å². The van der Waals surface area contributed by atoms with Gasteiger partial charge in [-0.15, -0.1) is 0 Å². The lowest BCUT2D eigenvalue weighted by Crippen LogP contribution is -1.90. The predicted molar refractivity (Wildman–Crippen MR) is 73.5 cm³/mol. The quantitative estimate of drug-likeness (QED) is 0.527. The lowest BCUT2D eigenvalue weighted by atomic mass is 10.2. The van der Waals surface area contributed by atoms with E-state index in [0.29, 0.717) is 16.3 Å². The molecule has 0 aliphatic carbocycles. The summed E-state index contributed by atoms with van der Waals surface area (Å²) in [6.45, 7) is 0. The van der Waals surface area contributed by atoms with Crippen LogP contribution in [0.1, 0.15) is 5.56 Å². The first-order valence-corrected chi connectivity index (χ1v) is 5.72. The van der Waals surface area contributed by atoms with Crippen molar-refractivity contribution in [3.8, 4) is 5.75 Å². The number of rotatable bonds is 3. The maximum Gasteiger partial charge on any atom is 0.270 e. The maximum absolute atomic E-state index is 10.7. The molecule has 0 saturated heterocycles. The third-order valence-electron chi connectivity index (χ3n) is 2.41. The Balaban J connectivity index is 2.35. The number of halogens is 1. The largest absolute Gasteiger partial charge is 0.506 e. The van der Waals surface area contributed by atoms with E-state index >= 15 is 0 Å². The summed E-state index contributed by atoms with van der Waals surface area (Å²) in [5.74, 6) is 0.0281. The number of nitro benzene ring substituents is 1. The van der Waals surface area contributed by atoms with Gasteiger partial charge < -0.3 is 5.11 Å². The van der Waals surface area contributed by atoms with Crippen LogP contribution in [0.3, 0.4) is 0 Å². The molecule has 0 heterocycles. The third-order valence-corrected chi connectivity index (χ3v) is 2.76. The van der Waals surface area contributed by atoms with Gasteiger partial charge in [-0.05, 0) is 18.2 Å². The highest BCUT2D eigenvalue weighted by atomic mass is 35.5. The Morgan fingerprint density at radius 2 is 2.00 bits per heavy atom. The van der Waals surface area contributed by atoms with Crippen LogP contribution in [0.15, 0.2) is 47.5 Å². The van der Waals surface area contributed by atoms with Crippen LogP contribution in [0.25, 0.3) is 0 Å². The molecule has 0 aromatic heterocycles. The van der Waals surface area contributed by atoms with Gasteiger partial charge in [0, 0.05) is 28.9 Å². The molecule has 2 rings (SSSR count). The number of nitro groups is 1. The molecule has 0 aliphatic heterocycles. The minimum absolute atomic E-state index is 0.0281. The summed E-state index contributed by atoms with van der Waals surface area (Å²) in [5, 5.41) is 20.6. The summed E-state index contributed by atoms with van der Waals surface area (Å²) in [5.41, 5.74) is 0.715. The van der Waals surface area contributed by atoms with Crippen LogP contribution in [0.2, 0.25) is 5.02 Å². The monoisotopic (exact) mass is 276 g/mol. The molecule has 6 heteroatoms. The van der Waals surface area contributed by atoms with Crippen LogP contribution in [0.4, 0.5) is 11.4 Å². The highest BCUT2D eigenvalue weighted by Gasteiger charge is 2.08. The summed E-state index contributed by atoms with van der Waals surface area (Å²) in [4.78, 5) is 14.2. The summed E-state index contributed by atoms with van der Waals surface area (Å²) < 4.78 is 0. The molecule has 0 radical (unpaired) electrons. The zero-order chi connectivity index (χ0) is 13.8. The van der Waals surface area contributed by atoms with E-state index in [2.05, 4.69) is 4.99 Å². The van der Waals surface area contributed by atoms with Gasteiger partial charge in [-0.25, -0.2) is 0 Å². The van der Waals surface area contributed by atoms with E-state index in [0.717, 1.165) is 0 Å². The van der Waals surface area contributed by atoms with Gasteiger partial charge in [0.25, 0.3) is 5.69 Å². The molecule has 0 unspecified atom stereocenters. The molecule has 0 amide bonds. The van der Waals surface area contributed by atoms with Gasteiger partial charge >= 0.3 is 0 Å². The Kier molecular flexibility index (Phi) is 3.77. The van der Waals surface area contributed by atoms with Crippen LogP contribution in [0, 0.1) is 10.1 Å². The van der Waals surface area contributed by atoms with E-state index in [1.807, 2.05) is 0 Å². The van der Waals surface area contributed by atoms with E-state index < -0.39 is 4.92 Å². The minimum Gasteiger partial charge on any atom is -0.506 e. The number of para-hydroxylation sites is 2. The van der Waals surface area contributed by atoms with Crippen molar-refractivity contribution in [1.29, 1.82) is 0 Å². The number of nitrogens with zero attached hydrogens (tertiary/aromatic N) is 2. The Morgan fingerprint density at radius 3 is 2.68 bits per heavy atom. The summed E-state index contributed by atoms with van der Waals surface area (Å²) in [6, 6.07) is 10.6.